The molecule has 0 bridgehead atoms. The molecule has 2 unspecified atom stereocenters. The molecule has 0 spiro atoms. The third-order valence-electron chi connectivity index (χ3n) is 3.94. The van der Waals surface area contributed by atoms with E-state index in [4.69, 9.17) is 5.73 Å². The van der Waals surface area contributed by atoms with E-state index in [1.807, 2.05) is 37.8 Å². The summed E-state index contributed by atoms with van der Waals surface area (Å²) in [5.74, 6) is 0.506. The second-order valence-corrected chi connectivity index (χ2v) is 5.60. The average Bonchev–Trinajstić information content (AvgIpc) is 2.38. The number of carbonyl (C=O) groups excluding carboxylic acids is 1. The fourth-order valence-electron chi connectivity index (χ4n) is 2.71. The van der Waals surface area contributed by atoms with Gasteiger partial charge in [-0.2, -0.15) is 0 Å². The second kappa shape index (κ2) is 5.70. The van der Waals surface area contributed by atoms with E-state index >= 15 is 0 Å². The molecule has 2 heterocycles. The van der Waals surface area contributed by atoms with E-state index in [-0.39, 0.29) is 11.9 Å². The lowest BCUT2D eigenvalue weighted by molar-refractivity contribution is 0.0659. The summed E-state index contributed by atoms with van der Waals surface area (Å²) in [6.45, 7) is 7.46. The number of hydrogen-bond donors (Lipinski definition) is 1. The van der Waals surface area contributed by atoms with Crippen LogP contribution in [0.25, 0.3) is 0 Å². The quantitative estimate of drug-likeness (QED) is 0.884. The van der Waals surface area contributed by atoms with Gasteiger partial charge in [0.25, 0.3) is 5.91 Å². The van der Waals surface area contributed by atoms with Crippen LogP contribution < -0.4 is 5.73 Å². The normalized spacial score (nSPS) is 21.3. The smallest absolute Gasteiger partial charge is 0.255 e. The van der Waals surface area contributed by atoms with E-state index in [9.17, 15) is 4.79 Å². The van der Waals surface area contributed by atoms with Gasteiger partial charge in [0.1, 0.15) is 0 Å². The number of piperidine rings is 1. The first-order valence-electron chi connectivity index (χ1n) is 6.98. The maximum absolute atomic E-state index is 12.5. The molecule has 2 atom stereocenters. The van der Waals surface area contributed by atoms with Crippen LogP contribution in [0, 0.1) is 19.8 Å². The van der Waals surface area contributed by atoms with Gasteiger partial charge in [-0.1, -0.05) is 0 Å². The maximum atomic E-state index is 12.5. The fourth-order valence-corrected chi connectivity index (χ4v) is 2.71. The highest BCUT2D eigenvalue weighted by atomic mass is 16.2. The first-order valence-corrected chi connectivity index (χ1v) is 6.98. The lowest BCUT2D eigenvalue weighted by Gasteiger charge is -2.34. The van der Waals surface area contributed by atoms with Gasteiger partial charge < -0.3 is 10.6 Å². The number of carbonyl (C=O) groups is 1. The Morgan fingerprint density at radius 2 is 2.21 bits per heavy atom. The first kappa shape index (κ1) is 14.0. The predicted molar refractivity (Wildman–Crippen MR) is 76.0 cm³/mol. The molecule has 1 aliphatic rings. The van der Waals surface area contributed by atoms with Crippen molar-refractivity contribution in [2.24, 2.45) is 11.7 Å². The minimum absolute atomic E-state index is 0.0929. The summed E-state index contributed by atoms with van der Waals surface area (Å²) >= 11 is 0. The van der Waals surface area contributed by atoms with Crippen LogP contribution in [-0.4, -0.2) is 34.9 Å². The van der Waals surface area contributed by atoms with Gasteiger partial charge in [0.2, 0.25) is 0 Å². The van der Waals surface area contributed by atoms with Crippen LogP contribution >= 0.6 is 0 Å². The summed E-state index contributed by atoms with van der Waals surface area (Å²) in [6, 6.07) is 3.93. The molecule has 0 saturated carbocycles. The van der Waals surface area contributed by atoms with Crippen molar-refractivity contribution in [3.05, 3.63) is 29.1 Å². The molecule has 19 heavy (non-hydrogen) atoms. The van der Waals surface area contributed by atoms with E-state index in [1.54, 1.807) is 0 Å². The number of nitrogens with two attached hydrogens (primary N) is 1. The lowest BCUT2D eigenvalue weighted by atomic mass is 9.92. The molecule has 0 aliphatic carbocycles. The van der Waals surface area contributed by atoms with Crippen LogP contribution in [-0.2, 0) is 0 Å². The monoisotopic (exact) mass is 261 g/mol. The van der Waals surface area contributed by atoms with Gasteiger partial charge in [-0.15, -0.1) is 0 Å². The molecule has 1 fully saturated rings. The van der Waals surface area contributed by atoms with Crippen molar-refractivity contribution in [2.45, 2.75) is 39.7 Å². The highest BCUT2D eigenvalue weighted by Gasteiger charge is 2.27. The second-order valence-electron chi connectivity index (χ2n) is 5.60. The molecular formula is C15H23N3O. The van der Waals surface area contributed by atoms with Crippen molar-refractivity contribution in [3.63, 3.8) is 0 Å². The Labute approximate surface area is 115 Å². The average molecular weight is 261 g/mol. The third kappa shape index (κ3) is 3.13. The van der Waals surface area contributed by atoms with Gasteiger partial charge >= 0.3 is 0 Å². The Bertz CT molecular complexity index is 470. The van der Waals surface area contributed by atoms with Crippen molar-refractivity contribution in [2.75, 3.05) is 13.1 Å². The van der Waals surface area contributed by atoms with Crippen LogP contribution in [0.3, 0.4) is 0 Å². The van der Waals surface area contributed by atoms with E-state index in [0.29, 0.717) is 5.92 Å². The summed E-state index contributed by atoms with van der Waals surface area (Å²) in [5, 5.41) is 0. The van der Waals surface area contributed by atoms with Crippen LogP contribution in [0.2, 0.25) is 0 Å². The van der Waals surface area contributed by atoms with Gasteiger partial charge in [-0.3, -0.25) is 9.78 Å². The molecular weight excluding hydrogens is 238 g/mol. The van der Waals surface area contributed by atoms with Gasteiger partial charge in [0.05, 0.1) is 11.3 Å². The Morgan fingerprint density at radius 3 is 2.84 bits per heavy atom. The molecule has 104 valence electrons. The molecule has 1 aromatic rings. The molecule has 2 N–H and O–H groups in total. The van der Waals surface area contributed by atoms with Gasteiger partial charge in [-0.05, 0) is 51.7 Å². The van der Waals surface area contributed by atoms with E-state index in [0.717, 1.165) is 42.9 Å². The number of aromatic nitrogens is 1. The molecule has 4 nitrogen and oxygen atoms in total. The summed E-state index contributed by atoms with van der Waals surface area (Å²) < 4.78 is 0. The summed E-state index contributed by atoms with van der Waals surface area (Å²) in [5.41, 5.74) is 8.44. The molecule has 1 amide bonds. The third-order valence-corrected chi connectivity index (χ3v) is 3.94. The number of aryl methyl sites for hydroxylation is 2. The zero-order valence-corrected chi connectivity index (χ0v) is 12.0. The largest absolute Gasteiger partial charge is 0.338 e. The fraction of sp³-hybridized carbons (Fsp3) is 0.600. The SMILES string of the molecule is Cc1ccc(C(=O)N2CCCC(C(C)N)C2)c(C)n1. The van der Waals surface area contributed by atoms with Crippen molar-refractivity contribution in [1.29, 1.82) is 0 Å². The summed E-state index contributed by atoms with van der Waals surface area (Å²) in [7, 11) is 0. The molecule has 4 heteroatoms. The zero-order chi connectivity index (χ0) is 14.0. The predicted octanol–water partition coefficient (Wildman–Crippen LogP) is 1.90. The van der Waals surface area contributed by atoms with Crippen LogP contribution in [0.15, 0.2) is 12.1 Å². The standard InChI is InChI=1S/C15H23N3O/c1-10-6-7-14(12(3)17-10)15(19)18-8-4-5-13(9-18)11(2)16/h6-7,11,13H,4-5,8-9,16H2,1-3H3. The molecule has 1 saturated heterocycles. The number of pyridine rings is 1. The maximum Gasteiger partial charge on any atom is 0.255 e. The molecule has 0 radical (unpaired) electrons. The Balaban J connectivity index is 2.15. The van der Waals surface area contributed by atoms with Crippen LogP contribution in [0.4, 0.5) is 0 Å². The van der Waals surface area contributed by atoms with Gasteiger partial charge in [-0.25, -0.2) is 0 Å². The van der Waals surface area contributed by atoms with Crippen LogP contribution in [0.5, 0.6) is 0 Å². The minimum Gasteiger partial charge on any atom is -0.338 e. The van der Waals surface area contributed by atoms with Gasteiger partial charge in [0, 0.05) is 24.8 Å². The number of likely N-dealkylation sites (tertiary alicyclic amines) is 1. The van der Waals surface area contributed by atoms with Gasteiger partial charge in [0.15, 0.2) is 0 Å². The highest BCUT2D eigenvalue weighted by Crippen LogP contribution is 2.21. The van der Waals surface area contributed by atoms with Crippen molar-refractivity contribution >= 4 is 5.91 Å². The number of rotatable bonds is 2. The first-order chi connectivity index (χ1) is 8.99. The lowest BCUT2D eigenvalue weighted by Crippen LogP contribution is -2.45. The topological polar surface area (TPSA) is 59.2 Å². The number of amides is 1. The number of nitrogens with zero attached hydrogens (tertiary/aromatic N) is 2. The van der Waals surface area contributed by atoms with Crippen molar-refractivity contribution in [3.8, 4) is 0 Å². The van der Waals surface area contributed by atoms with Crippen LogP contribution in [0.1, 0.15) is 41.5 Å². The van der Waals surface area contributed by atoms with Crippen molar-refractivity contribution < 1.29 is 4.79 Å². The highest BCUT2D eigenvalue weighted by molar-refractivity contribution is 5.95. The molecule has 1 aliphatic heterocycles. The molecule has 0 aromatic carbocycles. The Hall–Kier alpha value is -1.42. The molecule has 2 rings (SSSR count). The summed E-state index contributed by atoms with van der Waals surface area (Å²) in [4.78, 5) is 18.8. The molecule has 1 aromatic heterocycles. The number of hydrogen-bond acceptors (Lipinski definition) is 3. The Morgan fingerprint density at radius 1 is 1.47 bits per heavy atom. The summed E-state index contributed by atoms with van der Waals surface area (Å²) in [6.07, 6.45) is 2.16. The van der Waals surface area contributed by atoms with E-state index < -0.39 is 0 Å². The Kier molecular flexibility index (Phi) is 4.20. The minimum atomic E-state index is 0.0929. The van der Waals surface area contributed by atoms with E-state index in [2.05, 4.69) is 4.98 Å². The van der Waals surface area contributed by atoms with Crippen molar-refractivity contribution in [1.82, 2.24) is 9.88 Å². The van der Waals surface area contributed by atoms with E-state index in [1.165, 1.54) is 0 Å². The zero-order valence-electron chi connectivity index (χ0n) is 12.0.